The van der Waals surface area contributed by atoms with Gasteiger partial charge in [-0.2, -0.15) is 0 Å². The second-order valence-electron chi connectivity index (χ2n) is 4.37. The van der Waals surface area contributed by atoms with E-state index in [2.05, 4.69) is 0 Å². The van der Waals surface area contributed by atoms with E-state index in [9.17, 15) is 9.59 Å². The molecule has 0 aliphatic carbocycles. The van der Waals surface area contributed by atoms with Crippen LogP contribution in [0.1, 0.15) is 20.3 Å². The third-order valence-electron chi connectivity index (χ3n) is 2.48. The van der Waals surface area contributed by atoms with Crippen LogP contribution in [0.3, 0.4) is 0 Å². The summed E-state index contributed by atoms with van der Waals surface area (Å²) in [5.41, 5.74) is -0.903. The van der Waals surface area contributed by atoms with Crippen LogP contribution in [0.5, 0.6) is 0 Å². The van der Waals surface area contributed by atoms with Crippen LogP contribution in [0.2, 0.25) is 0 Å². The van der Waals surface area contributed by atoms with E-state index in [1.54, 1.807) is 18.7 Å². The summed E-state index contributed by atoms with van der Waals surface area (Å²) >= 11 is 0. The van der Waals surface area contributed by atoms with E-state index in [1.165, 1.54) is 0 Å². The predicted molar refractivity (Wildman–Crippen MR) is 53.4 cm³/mol. The number of carbonyl (C=O) groups excluding carboxylic acids is 1. The van der Waals surface area contributed by atoms with Crippen LogP contribution in [0.4, 0.5) is 0 Å². The molecule has 1 N–H and O–H groups in total. The number of hydrogen-bond acceptors (Lipinski definition) is 3. The third-order valence-corrected chi connectivity index (χ3v) is 2.48. The first kappa shape index (κ1) is 12.0. The number of amides is 1. The molecule has 0 unspecified atom stereocenters. The highest BCUT2D eigenvalue weighted by Crippen LogP contribution is 2.18. The van der Waals surface area contributed by atoms with E-state index >= 15 is 0 Å². The number of rotatable bonds is 3. The molecule has 5 nitrogen and oxygen atoms in total. The first-order valence-corrected chi connectivity index (χ1v) is 5.02. The maximum absolute atomic E-state index is 11.6. The second kappa shape index (κ2) is 4.61. The van der Waals surface area contributed by atoms with Gasteiger partial charge in [0.2, 0.25) is 5.91 Å². The van der Waals surface area contributed by atoms with Crippen molar-refractivity contribution in [3.8, 4) is 0 Å². The Morgan fingerprint density at radius 1 is 1.53 bits per heavy atom. The molecule has 0 bridgehead atoms. The lowest BCUT2D eigenvalue weighted by Gasteiger charge is -2.28. The van der Waals surface area contributed by atoms with Crippen LogP contribution in [0.25, 0.3) is 0 Å². The van der Waals surface area contributed by atoms with Crippen molar-refractivity contribution in [2.45, 2.75) is 20.3 Å². The fourth-order valence-electron chi connectivity index (χ4n) is 1.43. The molecule has 1 rings (SSSR count). The number of ether oxygens (including phenoxy) is 1. The van der Waals surface area contributed by atoms with Gasteiger partial charge in [-0.15, -0.1) is 0 Å². The maximum Gasteiger partial charge on any atom is 0.310 e. The SMILES string of the molecule is CC(C)(CN1CCOCCC1=O)C(=O)O. The Hall–Kier alpha value is -1.10. The molecule has 0 radical (unpaired) electrons. The van der Waals surface area contributed by atoms with Gasteiger partial charge in [0.25, 0.3) is 0 Å². The molecular weight excluding hydrogens is 198 g/mol. The molecule has 1 heterocycles. The van der Waals surface area contributed by atoms with Gasteiger partial charge in [-0.25, -0.2) is 0 Å². The molecule has 1 aliphatic rings. The van der Waals surface area contributed by atoms with Gasteiger partial charge in [-0.1, -0.05) is 0 Å². The Morgan fingerprint density at radius 2 is 2.20 bits per heavy atom. The zero-order valence-electron chi connectivity index (χ0n) is 9.15. The Labute approximate surface area is 89.0 Å². The quantitative estimate of drug-likeness (QED) is 0.737. The third kappa shape index (κ3) is 3.20. The monoisotopic (exact) mass is 215 g/mol. The fourth-order valence-corrected chi connectivity index (χ4v) is 1.43. The highest BCUT2D eigenvalue weighted by Gasteiger charge is 2.32. The molecule has 1 fully saturated rings. The summed E-state index contributed by atoms with van der Waals surface area (Å²) in [4.78, 5) is 24.1. The molecule has 0 atom stereocenters. The van der Waals surface area contributed by atoms with E-state index < -0.39 is 11.4 Å². The Kier molecular flexibility index (Phi) is 3.68. The van der Waals surface area contributed by atoms with Gasteiger partial charge in [0.05, 0.1) is 25.0 Å². The second-order valence-corrected chi connectivity index (χ2v) is 4.37. The van der Waals surface area contributed by atoms with E-state index in [0.29, 0.717) is 26.2 Å². The number of carbonyl (C=O) groups is 2. The summed E-state index contributed by atoms with van der Waals surface area (Å²) in [6.45, 7) is 4.88. The molecule has 1 saturated heterocycles. The standard InChI is InChI=1S/C10H17NO4/c1-10(2,9(13)14)7-11-4-6-15-5-3-8(11)12/h3-7H2,1-2H3,(H,13,14). The van der Waals surface area contributed by atoms with Crippen LogP contribution in [0, 0.1) is 5.41 Å². The molecule has 1 aliphatic heterocycles. The number of hydrogen-bond donors (Lipinski definition) is 1. The molecule has 0 aromatic rings. The molecule has 0 spiro atoms. The molecule has 1 amide bonds. The van der Waals surface area contributed by atoms with Crippen molar-refractivity contribution in [1.82, 2.24) is 4.90 Å². The van der Waals surface area contributed by atoms with Crippen molar-refractivity contribution < 1.29 is 19.4 Å². The lowest BCUT2D eigenvalue weighted by atomic mass is 9.93. The molecule has 15 heavy (non-hydrogen) atoms. The smallest absolute Gasteiger partial charge is 0.310 e. The van der Waals surface area contributed by atoms with Crippen molar-refractivity contribution in [3.05, 3.63) is 0 Å². The maximum atomic E-state index is 11.6. The van der Waals surface area contributed by atoms with Crippen LogP contribution in [0.15, 0.2) is 0 Å². The summed E-state index contributed by atoms with van der Waals surface area (Å²) < 4.78 is 5.16. The van der Waals surface area contributed by atoms with Crippen molar-refractivity contribution in [3.63, 3.8) is 0 Å². The number of aliphatic carboxylic acids is 1. The van der Waals surface area contributed by atoms with Crippen molar-refractivity contribution in [2.24, 2.45) is 5.41 Å². The van der Waals surface area contributed by atoms with Gasteiger partial charge < -0.3 is 14.7 Å². The van der Waals surface area contributed by atoms with Crippen LogP contribution >= 0.6 is 0 Å². The first-order chi connectivity index (χ1) is 6.93. The first-order valence-electron chi connectivity index (χ1n) is 5.02. The van der Waals surface area contributed by atoms with Crippen molar-refractivity contribution >= 4 is 11.9 Å². The normalized spacial score (nSPS) is 18.8. The molecule has 0 aromatic heterocycles. The van der Waals surface area contributed by atoms with Gasteiger partial charge in [0, 0.05) is 13.1 Å². The van der Waals surface area contributed by atoms with E-state index in [1.807, 2.05) is 0 Å². The topological polar surface area (TPSA) is 66.8 Å². The van der Waals surface area contributed by atoms with Crippen molar-refractivity contribution in [2.75, 3.05) is 26.3 Å². The summed E-state index contributed by atoms with van der Waals surface area (Å²) in [5.74, 6) is -0.915. The minimum Gasteiger partial charge on any atom is -0.481 e. The van der Waals surface area contributed by atoms with Gasteiger partial charge >= 0.3 is 5.97 Å². The van der Waals surface area contributed by atoms with E-state index in [-0.39, 0.29) is 12.5 Å². The average molecular weight is 215 g/mol. The van der Waals surface area contributed by atoms with E-state index in [0.717, 1.165) is 0 Å². The van der Waals surface area contributed by atoms with Crippen LogP contribution in [-0.4, -0.2) is 48.2 Å². The van der Waals surface area contributed by atoms with Gasteiger partial charge in [0.1, 0.15) is 0 Å². The lowest BCUT2D eigenvalue weighted by Crippen LogP contribution is -2.42. The highest BCUT2D eigenvalue weighted by atomic mass is 16.5. The average Bonchev–Trinajstić information content (AvgIpc) is 2.31. The van der Waals surface area contributed by atoms with Gasteiger partial charge in [-0.3, -0.25) is 9.59 Å². The zero-order chi connectivity index (χ0) is 11.5. The predicted octanol–water partition coefficient (Wildman–Crippen LogP) is 0.346. The number of carboxylic acids is 1. The zero-order valence-corrected chi connectivity index (χ0v) is 9.15. The Balaban J connectivity index is 2.62. The summed E-state index contributed by atoms with van der Waals surface area (Å²) in [6, 6.07) is 0. The summed E-state index contributed by atoms with van der Waals surface area (Å²) in [7, 11) is 0. The minimum absolute atomic E-state index is 0.0261. The lowest BCUT2D eigenvalue weighted by molar-refractivity contribution is -0.149. The molecular formula is C10H17NO4. The Bertz CT molecular complexity index is 262. The number of nitrogens with zero attached hydrogens (tertiary/aromatic N) is 1. The van der Waals surface area contributed by atoms with Gasteiger partial charge in [0.15, 0.2) is 0 Å². The number of carboxylic acid groups (broad SMARTS) is 1. The summed E-state index contributed by atoms with van der Waals surface area (Å²) in [5, 5.41) is 8.96. The minimum atomic E-state index is -0.903. The molecule has 5 heteroatoms. The summed E-state index contributed by atoms with van der Waals surface area (Å²) in [6.07, 6.45) is 0.343. The van der Waals surface area contributed by atoms with Crippen LogP contribution < -0.4 is 0 Å². The molecule has 0 saturated carbocycles. The van der Waals surface area contributed by atoms with Crippen molar-refractivity contribution in [1.29, 1.82) is 0 Å². The molecule has 0 aromatic carbocycles. The fraction of sp³-hybridized carbons (Fsp3) is 0.800. The van der Waals surface area contributed by atoms with Gasteiger partial charge in [-0.05, 0) is 13.8 Å². The molecule has 86 valence electrons. The largest absolute Gasteiger partial charge is 0.481 e. The van der Waals surface area contributed by atoms with Crippen LogP contribution in [-0.2, 0) is 14.3 Å². The highest BCUT2D eigenvalue weighted by molar-refractivity contribution is 5.79. The van der Waals surface area contributed by atoms with E-state index in [4.69, 9.17) is 9.84 Å². The Morgan fingerprint density at radius 3 is 2.80 bits per heavy atom.